The lowest BCUT2D eigenvalue weighted by molar-refractivity contribution is -0.128. The topological polar surface area (TPSA) is 45.2 Å². The number of pyridine rings is 1. The molecule has 0 unspecified atom stereocenters. The molecule has 1 aliphatic heterocycles. The van der Waals surface area contributed by atoms with Crippen LogP contribution in [0.3, 0.4) is 0 Å². The van der Waals surface area contributed by atoms with Crippen LogP contribution in [0.5, 0.6) is 0 Å². The maximum Gasteiger partial charge on any atom is 0.222 e. The molecule has 1 amide bonds. The number of rotatable bonds is 5. The molecule has 1 aliphatic rings. The minimum absolute atomic E-state index is 0.266. The number of nitrogens with zero attached hydrogens (tertiary/aromatic N) is 2. The standard InChI is InChI=1S/C21H20BrN3O/c22-18-7-2-6-17-19(9-10-23-21(17)18)24-13-15-4-1-5-16(12-15)14-25-11-3-8-20(25)26/h1-2,4-7,9-10,12H,3,8,11,13-14H2,(H,23,24). The van der Waals surface area contributed by atoms with Gasteiger partial charge in [0.1, 0.15) is 0 Å². The van der Waals surface area contributed by atoms with E-state index in [0.717, 1.165) is 40.6 Å². The predicted octanol–water partition coefficient (Wildman–Crippen LogP) is 4.73. The van der Waals surface area contributed by atoms with Crippen LogP contribution in [0.15, 0.2) is 59.2 Å². The van der Waals surface area contributed by atoms with Crippen molar-refractivity contribution >= 4 is 38.4 Å². The second kappa shape index (κ2) is 7.46. The highest BCUT2D eigenvalue weighted by molar-refractivity contribution is 9.10. The second-order valence-electron chi connectivity index (χ2n) is 6.59. The number of para-hydroxylation sites is 1. The molecule has 3 aromatic rings. The van der Waals surface area contributed by atoms with Crippen LogP contribution in [-0.4, -0.2) is 22.3 Å². The van der Waals surface area contributed by atoms with E-state index in [1.165, 1.54) is 11.1 Å². The van der Waals surface area contributed by atoms with Crippen LogP contribution in [0, 0.1) is 0 Å². The Morgan fingerprint density at radius 1 is 1.12 bits per heavy atom. The first-order chi connectivity index (χ1) is 12.7. The average Bonchev–Trinajstić information content (AvgIpc) is 3.05. The van der Waals surface area contributed by atoms with Crippen LogP contribution in [0.1, 0.15) is 24.0 Å². The molecule has 5 heteroatoms. The highest BCUT2D eigenvalue weighted by Crippen LogP contribution is 2.27. The number of likely N-dealkylation sites (tertiary alicyclic amines) is 1. The van der Waals surface area contributed by atoms with Crippen molar-refractivity contribution < 1.29 is 4.79 Å². The van der Waals surface area contributed by atoms with Crippen LogP contribution in [0.2, 0.25) is 0 Å². The number of carbonyl (C=O) groups excluding carboxylic acids is 1. The lowest BCUT2D eigenvalue weighted by Gasteiger charge is -2.16. The van der Waals surface area contributed by atoms with Crippen LogP contribution in [0.4, 0.5) is 5.69 Å². The molecule has 1 N–H and O–H groups in total. The lowest BCUT2D eigenvalue weighted by atomic mass is 10.1. The quantitative estimate of drug-likeness (QED) is 0.662. The van der Waals surface area contributed by atoms with Crippen molar-refractivity contribution in [1.29, 1.82) is 0 Å². The molecular formula is C21H20BrN3O. The largest absolute Gasteiger partial charge is 0.380 e. The Kier molecular flexibility index (Phi) is 4.89. The van der Waals surface area contributed by atoms with Gasteiger partial charge < -0.3 is 10.2 Å². The average molecular weight is 410 g/mol. The first-order valence-electron chi connectivity index (χ1n) is 8.83. The zero-order valence-electron chi connectivity index (χ0n) is 14.4. The van der Waals surface area contributed by atoms with Crippen molar-refractivity contribution in [3.63, 3.8) is 0 Å². The first kappa shape index (κ1) is 17.0. The Hall–Kier alpha value is -2.40. The normalized spacial score (nSPS) is 14.2. The van der Waals surface area contributed by atoms with Gasteiger partial charge in [0.05, 0.1) is 5.52 Å². The van der Waals surface area contributed by atoms with Gasteiger partial charge in [-0.3, -0.25) is 9.78 Å². The van der Waals surface area contributed by atoms with E-state index >= 15 is 0 Å². The number of nitrogens with one attached hydrogen (secondary N) is 1. The van der Waals surface area contributed by atoms with E-state index in [4.69, 9.17) is 0 Å². The number of aromatic nitrogens is 1. The molecule has 0 bridgehead atoms. The fourth-order valence-electron chi connectivity index (χ4n) is 3.42. The monoisotopic (exact) mass is 409 g/mol. The Labute approximate surface area is 161 Å². The summed E-state index contributed by atoms with van der Waals surface area (Å²) in [5.41, 5.74) is 4.41. The number of carbonyl (C=O) groups is 1. The Morgan fingerprint density at radius 2 is 1.96 bits per heavy atom. The molecule has 0 radical (unpaired) electrons. The molecule has 2 heterocycles. The Morgan fingerprint density at radius 3 is 2.81 bits per heavy atom. The zero-order valence-corrected chi connectivity index (χ0v) is 16.0. The smallest absolute Gasteiger partial charge is 0.222 e. The third-order valence-corrected chi connectivity index (χ3v) is 5.38. The number of benzene rings is 2. The van der Waals surface area contributed by atoms with Crippen molar-refractivity contribution in [3.8, 4) is 0 Å². The maximum absolute atomic E-state index is 11.8. The molecule has 2 aromatic carbocycles. The van der Waals surface area contributed by atoms with Gasteiger partial charge in [0.15, 0.2) is 0 Å². The zero-order chi connectivity index (χ0) is 17.9. The molecule has 0 spiro atoms. The van der Waals surface area contributed by atoms with Crippen LogP contribution >= 0.6 is 15.9 Å². The third kappa shape index (κ3) is 3.58. The van der Waals surface area contributed by atoms with Crippen molar-refractivity contribution in [2.45, 2.75) is 25.9 Å². The number of hydrogen-bond donors (Lipinski definition) is 1. The number of halogens is 1. The molecule has 1 saturated heterocycles. The molecule has 1 fully saturated rings. The van der Waals surface area contributed by atoms with E-state index < -0.39 is 0 Å². The summed E-state index contributed by atoms with van der Waals surface area (Å²) in [4.78, 5) is 18.2. The highest BCUT2D eigenvalue weighted by Gasteiger charge is 2.19. The molecule has 0 atom stereocenters. The Balaban J connectivity index is 1.49. The van der Waals surface area contributed by atoms with Gasteiger partial charge in [-0.05, 0) is 45.6 Å². The summed E-state index contributed by atoms with van der Waals surface area (Å²) in [7, 11) is 0. The van der Waals surface area contributed by atoms with Gasteiger partial charge in [-0.25, -0.2) is 0 Å². The van der Waals surface area contributed by atoms with Crippen LogP contribution in [0.25, 0.3) is 10.9 Å². The van der Waals surface area contributed by atoms with E-state index in [-0.39, 0.29) is 5.91 Å². The molecule has 1 aromatic heterocycles. The van der Waals surface area contributed by atoms with Gasteiger partial charge in [0, 0.05) is 47.8 Å². The number of hydrogen-bond acceptors (Lipinski definition) is 3. The SMILES string of the molecule is O=C1CCCN1Cc1cccc(CNc2ccnc3c(Br)cccc23)c1. The van der Waals surface area contributed by atoms with Gasteiger partial charge >= 0.3 is 0 Å². The molecule has 4 rings (SSSR count). The van der Waals surface area contributed by atoms with E-state index in [9.17, 15) is 4.79 Å². The summed E-state index contributed by atoms with van der Waals surface area (Å²) in [5.74, 6) is 0.266. The molecular weight excluding hydrogens is 390 g/mol. The molecule has 132 valence electrons. The van der Waals surface area contributed by atoms with Crippen molar-refractivity contribution in [1.82, 2.24) is 9.88 Å². The van der Waals surface area contributed by atoms with Gasteiger partial charge in [-0.2, -0.15) is 0 Å². The van der Waals surface area contributed by atoms with Gasteiger partial charge in [-0.15, -0.1) is 0 Å². The van der Waals surface area contributed by atoms with Crippen molar-refractivity contribution in [3.05, 3.63) is 70.3 Å². The van der Waals surface area contributed by atoms with Gasteiger partial charge in [-0.1, -0.05) is 36.4 Å². The number of amides is 1. The Bertz CT molecular complexity index is 957. The second-order valence-corrected chi connectivity index (χ2v) is 7.44. The molecule has 0 saturated carbocycles. The predicted molar refractivity (Wildman–Crippen MR) is 108 cm³/mol. The third-order valence-electron chi connectivity index (χ3n) is 4.74. The summed E-state index contributed by atoms with van der Waals surface area (Å²) < 4.78 is 0.996. The van der Waals surface area contributed by atoms with Gasteiger partial charge in [0.2, 0.25) is 5.91 Å². The molecule has 4 nitrogen and oxygen atoms in total. The summed E-state index contributed by atoms with van der Waals surface area (Å²) in [6, 6.07) is 16.5. The minimum atomic E-state index is 0.266. The minimum Gasteiger partial charge on any atom is -0.380 e. The van der Waals surface area contributed by atoms with Crippen molar-refractivity contribution in [2.75, 3.05) is 11.9 Å². The van der Waals surface area contributed by atoms with E-state index in [1.54, 1.807) is 0 Å². The van der Waals surface area contributed by atoms with E-state index in [0.29, 0.717) is 13.0 Å². The number of fused-ring (bicyclic) bond motifs is 1. The summed E-state index contributed by atoms with van der Waals surface area (Å²) in [6.45, 7) is 2.31. The lowest BCUT2D eigenvalue weighted by Crippen LogP contribution is -2.23. The van der Waals surface area contributed by atoms with Crippen LogP contribution in [-0.2, 0) is 17.9 Å². The fraction of sp³-hybridized carbons (Fsp3) is 0.238. The number of anilines is 1. The van der Waals surface area contributed by atoms with Gasteiger partial charge in [0.25, 0.3) is 0 Å². The van der Waals surface area contributed by atoms with Crippen molar-refractivity contribution in [2.24, 2.45) is 0 Å². The molecule has 26 heavy (non-hydrogen) atoms. The van der Waals surface area contributed by atoms with Crippen LogP contribution < -0.4 is 5.32 Å². The molecule has 0 aliphatic carbocycles. The first-order valence-corrected chi connectivity index (χ1v) is 9.63. The van der Waals surface area contributed by atoms with E-state index in [1.807, 2.05) is 29.3 Å². The summed E-state index contributed by atoms with van der Waals surface area (Å²) in [6.07, 6.45) is 3.49. The van der Waals surface area contributed by atoms with E-state index in [2.05, 4.69) is 56.6 Å². The summed E-state index contributed by atoms with van der Waals surface area (Å²) in [5, 5.41) is 4.62. The highest BCUT2D eigenvalue weighted by atomic mass is 79.9. The maximum atomic E-state index is 11.8. The summed E-state index contributed by atoms with van der Waals surface area (Å²) >= 11 is 3.56. The fourth-order valence-corrected chi connectivity index (χ4v) is 3.89.